The molecule has 1 aromatic heterocycles. The molecule has 0 bridgehead atoms. The van der Waals surface area contributed by atoms with Crippen molar-refractivity contribution in [2.24, 2.45) is 0 Å². The Balaban J connectivity index is 1.33. The first kappa shape index (κ1) is 21.8. The summed E-state index contributed by atoms with van der Waals surface area (Å²) in [5.74, 6) is -0.0743. The van der Waals surface area contributed by atoms with E-state index in [1.807, 2.05) is 18.2 Å². The number of carbonyl (C=O) groups is 1. The van der Waals surface area contributed by atoms with Gasteiger partial charge in [-0.05, 0) is 55.4 Å². The van der Waals surface area contributed by atoms with Gasteiger partial charge in [-0.15, -0.1) is 0 Å². The van der Waals surface area contributed by atoms with Crippen LogP contribution in [0.2, 0.25) is 10.0 Å². The number of hydrogen-bond acceptors (Lipinski definition) is 5. The van der Waals surface area contributed by atoms with Gasteiger partial charge in [0.25, 0.3) is 0 Å². The molecular weight excluding hydrogens is 435 g/mol. The van der Waals surface area contributed by atoms with Crippen LogP contribution in [0.15, 0.2) is 55.1 Å². The maximum atomic E-state index is 12.8. The molecule has 1 amide bonds. The molecule has 3 aromatic rings. The zero-order valence-electron chi connectivity index (χ0n) is 17.0. The van der Waals surface area contributed by atoms with E-state index in [9.17, 15) is 4.79 Å². The zero-order chi connectivity index (χ0) is 21.6. The average Bonchev–Trinajstić information content (AvgIpc) is 3.19. The summed E-state index contributed by atoms with van der Waals surface area (Å²) in [6, 6.07) is 13.3. The second-order valence-corrected chi connectivity index (χ2v) is 8.45. The van der Waals surface area contributed by atoms with Crippen molar-refractivity contribution in [3.05, 3.63) is 70.7 Å². The molecule has 7 nitrogen and oxygen atoms in total. The summed E-state index contributed by atoms with van der Waals surface area (Å²) in [6.45, 7) is 4.87. The van der Waals surface area contributed by atoms with E-state index in [2.05, 4.69) is 37.3 Å². The lowest BCUT2D eigenvalue weighted by molar-refractivity contribution is -0.117. The third-order valence-corrected chi connectivity index (χ3v) is 5.75. The molecule has 1 saturated heterocycles. The van der Waals surface area contributed by atoms with Gasteiger partial charge < -0.3 is 5.32 Å². The standard InChI is InChI=1S/C22H24Cl2N6O/c23-18-4-2-17(3-5-18)13-28-8-1-9-29(11-10-28)14-22(31)27-20-12-19(24)6-7-21(20)30-16-25-15-26-30/h2-7,12,15-16H,1,8-11,13-14H2,(H,27,31). The highest BCUT2D eigenvalue weighted by Crippen LogP contribution is 2.24. The van der Waals surface area contributed by atoms with Crippen LogP contribution in [0.3, 0.4) is 0 Å². The van der Waals surface area contributed by atoms with Crippen molar-refractivity contribution in [3.8, 4) is 5.69 Å². The normalized spacial score (nSPS) is 15.5. The van der Waals surface area contributed by atoms with E-state index in [0.29, 0.717) is 17.3 Å². The Hall–Kier alpha value is -2.45. The van der Waals surface area contributed by atoms with Crippen LogP contribution in [0.4, 0.5) is 5.69 Å². The van der Waals surface area contributed by atoms with Gasteiger partial charge in [0.2, 0.25) is 5.91 Å². The van der Waals surface area contributed by atoms with E-state index in [0.717, 1.165) is 49.9 Å². The average molecular weight is 459 g/mol. The van der Waals surface area contributed by atoms with Crippen LogP contribution < -0.4 is 5.32 Å². The quantitative estimate of drug-likeness (QED) is 0.609. The molecule has 1 aliphatic rings. The number of amides is 1. The van der Waals surface area contributed by atoms with E-state index in [1.54, 1.807) is 23.1 Å². The number of rotatable bonds is 6. The molecule has 0 atom stereocenters. The maximum Gasteiger partial charge on any atom is 0.238 e. The number of carbonyl (C=O) groups excluding carboxylic acids is 1. The van der Waals surface area contributed by atoms with Crippen molar-refractivity contribution >= 4 is 34.8 Å². The molecule has 9 heteroatoms. The first-order valence-corrected chi connectivity index (χ1v) is 11.0. The minimum Gasteiger partial charge on any atom is -0.323 e. The second kappa shape index (κ2) is 10.2. The summed E-state index contributed by atoms with van der Waals surface area (Å²) in [5, 5.41) is 8.43. The summed E-state index contributed by atoms with van der Waals surface area (Å²) in [4.78, 5) is 21.3. The summed E-state index contributed by atoms with van der Waals surface area (Å²) in [6.07, 6.45) is 4.05. The van der Waals surface area contributed by atoms with Gasteiger partial charge in [0, 0.05) is 29.7 Å². The molecule has 0 radical (unpaired) electrons. The van der Waals surface area contributed by atoms with E-state index in [4.69, 9.17) is 23.2 Å². The number of aromatic nitrogens is 3. The van der Waals surface area contributed by atoms with Crippen LogP contribution in [-0.2, 0) is 11.3 Å². The van der Waals surface area contributed by atoms with Crippen molar-refractivity contribution in [1.29, 1.82) is 0 Å². The van der Waals surface area contributed by atoms with Gasteiger partial charge in [-0.1, -0.05) is 35.3 Å². The van der Waals surface area contributed by atoms with Crippen molar-refractivity contribution in [2.45, 2.75) is 13.0 Å². The van der Waals surface area contributed by atoms with E-state index < -0.39 is 0 Å². The zero-order valence-corrected chi connectivity index (χ0v) is 18.6. The van der Waals surface area contributed by atoms with Crippen LogP contribution in [0.1, 0.15) is 12.0 Å². The van der Waals surface area contributed by atoms with E-state index in [1.165, 1.54) is 11.9 Å². The predicted molar refractivity (Wildman–Crippen MR) is 123 cm³/mol. The van der Waals surface area contributed by atoms with Crippen molar-refractivity contribution in [2.75, 3.05) is 38.0 Å². The Labute approximate surface area is 191 Å². The van der Waals surface area contributed by atoms with Gasteiger partial charge in [0.1, 0.15) is 12.7 Å². The first-order chi connectivity index (χ1) is 15.1. The maximum absolute atomic E-state index is 12.8. The molecule has 162 valence electrons. The van der Waals surface area contributed by atoms with Crippen LogP contribution in [0.5, 0.6) is 0 Å². The van der Waals surface area contributed by atoms with Crippen LogP contribution in [0, 0.1) is 0 Å². The van der Waals surface area contributed by atoms with Gasteiger partial charge >= 0.3 is 0 Å². The lowest BCUT2D eigenvalue weighted by atomic mass is 10.2. The van der Waals surface area contributed by atoms with Crippen LogP contribution >= 0.6 is 23.2 Å². The molecule has 31 heavy (non-hydrogen) atoms. The summed E-state index contributed by atoms with van der Waals surface area (Å²) in [7, 11) is 0. The highest BCUT2D eigenvalue weighted by atomic mass is 35.5. The Morgan fingerprint density at radius 1 is 0.968 bits per heavy atom. The Morgan fingerprint density at radius 2 is 1.71 bits per heavy atom. The molecule has 1 aliphatic heterocycles. The van der Waals surface area contributed by atoms with Gasteiger partial charge in [-0.25, -0.2) is 9.67 Å². The molecule has 1 N–H and O–H groups in total. The molecule has 0 unspecified atom stereocenters. The van der Waals surface area contributed by atoms with Gasteiger partial charge in [0.15, 0.2) is 0 Å². The molecule has 1 fully saturated rings. The summed E-state index contributed by atoms with van der Waals surface area (Å²) < 4.78 is 1.60. The number of nitrogens with one attached hydrogen (secondary N) is 1. The molecular formula is C22H24Cl2N6O. The Kier molecular flexibility index (Phi) is 7.19. The smallest absolute Gasteiger partial charge is 0.238 e. The van der Waals surface area contributed by atoms with Crippen molar-refractivity contribution in [1.82, 2.24) is 24.6 Å². The molecule has 4 rings (SSSR count). The second-order valence-electron chi connectivity index (χ2n) is 7.58. The molecule has 0 aliphatic carbocycles. The molecule has 0 saturated carbocycles. The number of anilines is 1. The fraction of sp³-hybridized carbons (Fsp3) is 0.318. The lowest BCUT2D eigenvalue weighted by Crippen LogP contribution is -2.36. The van der Waals surface area contributed by atoms with Crippen LogP contribution in [0.25, 0.3) is 5.69 Å². The van der Waals surface area contributed by atoms with Gasteiger partial charge in [-0.2, -0.15) is 5.10 Å². The van der Waals surface area contributed by atoms with Gasteiger partial charge in [0.05, 0.1) is 17.9 Å². The van der Waals surface area contributed by atoms with Gasteiger partial charge in [-0.3, -0.25) is 14.6 Å². The monoisotopic (exact) mass is 458 g/mol. The highest BCUT2D eigenvalue weighted by Gasteiger charge is 2.18. The van der Waals surface area contributed by atoms with Crippen molar-refractivity contribution in [3.63, 3.8) is 0 Å². The number of benzene rings is 2. The predicted octanol–water partition coefficient (Wildman–Crippen LogP) is 3.72. The number of halogens is 2. The Bertz CT molecular complexity index is 1010. The minimum atomic E-state index is -0.0743. The SMILES string of the molecule is O=C(CN1CCCN(Cc2ccc(Cl)cc2)CC1)Nc1cc(Cl)ccc1-n1cncn1. The summed E-state index contributed by atoms with van der Waals surface area (Å²) >= 11 is 12.1. The fourth-order valence-electron chi connectivity index (χ4n) is 3.72. The minimum absolute atomic E-state index is 0.0743. The molecule has 2 aromatic carbocycles. The number of hydrogen-bond donors (Lipinski definition) is 1. The number of nitrogens with zero attached hydrogens (tertiary/aromatic N) is 5. The summed E-state index contributed by atoms with van der Waals surface area (Å²) in [5.41, 5.74) is 2.58. The lowest BCUT2D eigenvalue weighted by Gasteiger charge is -2.22. The highest BCUT2D eigenvalue weighted by molar-refractivity contribution is 6.31. The first-order valence-electron chi connectivity index (χ1n) is 10.2. The van der Waals surface area contributed by atoms with E-state index in [-0.39, 0.29) is 5.91 Å². The third-order valence-electron chi connectivity index (χ3n) is 5.27. The molecule has 2 heterocycles. The van der Waals surface area contributed by atoms with Crippen molar-refractivity contribution < 1.29 is 4.79 Å². The molecule has 0 spiro atoms. The van der Waals surface area contributed by atoms with E-state index >= 15 is 0 Å². The Morgan fingerprint density at radius 3 is 2.48 bits per heavy atom. The fourth-order valence-corrected chi connectivity index (χ4v) is 4.02. The largest absolute Gasteiger partial charge is 0.323 e. The van der Waals surface area contributed by atoms with Crippen LogP contribution in [-0.4, -0.2) is 63.2 Å². The topological polar surface area (TPSA) is 66.3 Å². The third kappa shape index (κ3) is 6.04.